The standard InChI is InChI=1S/C19H28BrN3O.2ClH/c1-19(21,15-7-9-16(20)10-8-15)18(24)23-12-4-11-22(13-14-23)17-5-2-3-6-17;;/h7-10,17H,2-6,11-14,21H2,1H3;2*1H. The van der Waals surface area contributed by atoms with Crippen LogP contribution in [0.2, 0.25) is 0 Å². The number of hydrogen-bond acceptors (Lipinski definition) is 3. The van der Waals surface area contributed by atoms with E-state index in [4.69, 9.17) is 5.73 Å². The molecule has 2 aliphatic rings. The molecule has 1 saturated heterocycles. The van der Waals surface area contributed by atoms with Gasteiger partial charge in [0.1, 0.15) is 5.54 Å². The molecule has 0 bridgehead atoms. The summed E-state index contributed by atoms with van der Waals surface area (Å²) in [7, 11) is 0. The molecule has 0 aromatic heterocycles. The van der Waals surface area contributed by atoms with Gasteiger partial charge in [0.05, 0.1) is 0 Å². The lowest BCUT2D eigenvalue weighted by Gasteiger charge is -2.32. The lowest BCUT2D eigenvalue weighted by atomic mass is 9.91. The molecule has 1 aliphatic carbocycles. The van der Waals surface area contributed by atoms with E-state index in [1.807, 2.05) is 36.1 Å². The Morgan fingerprint density at radius 1 is 1.04 bits per heavy atom. The first-order chi connectivity index (χ1) is 11.5. The fraction of sp³-hybridized carbons (Fsp3) is 0.632. The zero-order chi connectivity index (χ0) is 17.2. The maximum Gasteiger partial charge on any atom is 0.247 e. The van der Waals surface area contributed by atoms with Crippen LogP contribution in [-0.2, 0) is 10.3 Å². The van der Waals surface area contributed by atoms with Gasteiger partial charge in [-0.2, -0.15) is 0 Å². The Labute approximate surface area is 177 Å². The molecule has 3 rings (SSSR count). The van der Waals surface area contributed by atoms with Crippen molar-refractivity contribution in [1.29, 1.82) is 0 Å². The van der Waals surface area contributed by atoms with Crippen LogP contribution in [0.4, 0.5) is 0 Å². The predicted molar refractivity (Wildman–Crippen MR) is 115 cm³/mol. The summed E-state index contributed by atoms with van der Waals surface area (Å²) in [5.74, 6) is 0.0399. The third-order valence-corrected chi connectivity index (χ3v) is 6.08. The first-order valence-corrected chi connectivity index (χ1v) is 9.86. The van der Waals surface area contributed by atoms with Crippen LogP contribution < -0.4 is 5.73 Å². The average molecular weight is 467 g/mol. The third-order valence-electron chi connectivity index (χ3n) is 5.55. The molecule has 0 radical (unpaired) electrons. The molecular formula is C19H30BrCl2N3O. The van der Waals surface area contributed by atoms with E-state index in [9.17, 15) is 4.79 Å². The molecule has 4 nitrogen and oxygen atoms in total. The van der Waals surface area contributed by atoms with E-state index < -0.39 is 5.54 Å². The molecule has 1 aromatic rings. The first kappa shape index (κ1) is 23.7. The molecule has 0 spiro atoms. The summed E-state index contributed by atoms with van der Waals surface area (Å²) in [5, 5.41) is 0. The Morgan fingerprint density at radius 3 is 2.27 bits per heavy atom. The summed E-state index contributed by atoms with van der Waals surface area (Å²) in [6.07, 6.45) is 6.39. The van der Waals surface area contributed by atoms with Gasteiger partial charge in [-0.05, 0) is 43.9 Å². The first-order valence-electron chi connectivity index (χ1n) is 9.07. The molecular weight excluding hydrogens is 437 g/mol. The Kier molecular flexibility index (Phi) is 9.37. The molecule has 2 fully saturated rings. The summed E-state index contributed by atoms with van der Waals surface area (Å²) in [6.45, 7) is 5.52. The van der Waals surface area contributed by atoms with Crippen molar-refractivity contribution in [1.82, 2.24) is 9.80 Å². The molecule has 1 aliphatic heterocycles. The molecule has 1 amide bonds. The molecule has 26 heavy (non-hydrogen) atoms. The predicted octanol–water partition coefficient (Wildman–Crippen LogP) is 3.94. The van der Waals surface area contributed by atoms with Crippen LogP contribution in [0.5, 0.6) is 0 Å². The Bertz CT molecular complexity index is 577. The molecule has 1 unspecified atom stereocenters. The van der Waals surface area contributed by atoms with Crippen molar-refractivity contribution in [2.24, 2.45) is 5.73 Å². The van der Waals surface area contributed by atoms with E-state index in [1.54, 1.807) is 0 Å². The van der Waals surface area contributed by atoms with Crippen LogP contribution in [0, 0.1) is 0 Å². The molecule has 1 heterocycles. The second kappa shape index (κ2) is 10.3. The lowest BCUT2D eigenvalue weighted by molar-refractivity contribution is -0.136. The number of hydrogen-bond donors (Lipinski definition) is 1. The van der Waals surface area contributed by atoms with Crippen molar-refractivity contribution in [2.75, 3.05) is 26.2 Å². The maximum atomic E-state index is 13.1. The summed E-state index contributed by atoms with van der Waals surface area (Å²) in [5.41, 5.74) is 6.35. The van der Waals surface area contributed by atoms with Crippen LogP contribution in [0.1, 0.15) is 44.6 Å². The Hall–Kier alpha value is -0.330. The van der Waals surface area contributed by atoms with Gasteiger partial charge >= 0.3 is 0 Å². The number of carbonyl (C=O) groups excluding carboxylic acids is 1. The highest BCUT2D eigenvalue weighted by atomic mass is 79.9. The van der Waals surface area contributed by atoms with Crippen molar-refractivity contribution in [2.45, 2.75) is 50.6 Å². The van der Waals surface area contributed by atoms with Crippen LogP contribution in [-0.4, -0.2) is 47.9 Å². The van der Waals surface area contributed by atoms with Crippen LogP contribution in [0.25, 0.3) is 0 Å². The molecule has 7 heteroatoms. The van der Waals surface area contributed by atoms with Crippen molar-refractivity contribution >= 4 is 46.7 Å². The van der Waals surface area contributed by atoms with Gasteiger partial charge in [-0.25, -0.2) is 0 Å². The smallest absolute Gasteiger partial charge is 0.247 e. The monoisotopic (exact) mass is 465 g/mol. The maximum absolute atomic E-state index is 13.1. The lowest BCUT2D eigenvalue weighted by Crippen LogP contribution is -2.52. The number of nitrogens with two attached hydrogens (primary N) is 1. The van der Waals surface area contributed by atoms with Crippen molar-refractivity contribution < 1.29 is 4.79 Å². The number of rotatable bonds is 3. The average Bonchev–Trinajstić information content (AvgIpc) is 2.99. The Balaban J connectivity index is 0.00000169. The van der Waals surface area contributed by atoms with Gasteiger partial charge in [-0.3, -0.25) is 9.69 Å². The number of nitrogens with zero attached hydrogens (tertiary/aromatic N) is 2. The number of halogens is 3. The summed E-state index contributed by atoms with van der Waals surface area (Å²) in [6, 6.07) is 8.49. The summed E-state index contributed by atoms with van der Waals surface area (Å²) < 4.78 is 0.997. The number of amides is 1. The van der Waals surface area contributed by atoms with Crippen molar-refractivity contribution in [3.8, 4) is 0 Å². The van der Waals surface area contributed by atoms with E-state index in [2.05, 4.69) is 20.8 Å². The van der Waals surface area contributed by atoms with Gasteiger partial charge in [-0.15, -0.1) is 24.8 Å². The van der Waals surface area contributed by atoms with Gasteiger partial charge in [-0.1, -0.05) is 40.9 Å². The zero-order valence-electron chi connectivity index (χ0n) is 15.3. The third kappa shape index (κ3) is 5.35. The van der Waals surface area contributed by atoms with E-state index >= 15 is 0 Å². The van der Waals surface area contributed by atoms with Crippen LogP contribution >= 0.6 is 40.7 Å². The summed E-state index contributed by atoms with van der Waals surface area (Å²) >= 11 is 3.43. The minimum Gasteiger partial charge on any atom is -0.339 e. The Morgan fingerprint density at radius 2 is 1.65 bits per heavy atom. The largest absolute Gasteiger partial charge is 0.339 e. The zero-order valence-corrected chi connectivity index (χ0v) is 18.5. The number of benzene rings is 1. The molecule has 2 N–H and O–H groups in total. The topological polar surface area (TPSA) is 49.6 Å². The summed E-state index contributed by atoms with van der Waals surface area (Å²) in [4.78, 5) is 17.6. The van der Waals surface area contributed by atoms with Gasteiger partial charge in [0, 0.05) is 36.7 Å². The van der Waals surface area contributed by atoms with Crippen molar-refractivity contribution in [3.05, 3.63) is 34.3 Å². The molecule has 1 atom stereocenters. The second-order valence-corrected chi connectivity index (χ2v) is 8.24. The normalized spacial score (nSPS) is 21.3. The van der Waals surface area contributed by atoms with Gasteiger partial charge < -0.3 is 10.6 Å². The minimum absolute atomic E-state index is 0. The van der Waals surface area contributed by atoms with E-state index in [-0.39, 0.29) is 30.7 Å². The van der Waals surface area contributed by atoms with E-state index in [0.717, 1.165) is 48.7 Å². The SMILES string of the molecule is CC(N)(C(=O)N1CCCN(C2CCCC2)CC1)c1ccc(Br)cc1.Cl.Cl. The van der Waals surface area contributed by atoms with Crippen molar-refractivity contribution in [3.63, 3.8) is 0 Å². The highest BCUT2D eigenvalue weighted by Crippen LogP contribution is 2.26. The van der Waals surface area contributed by atoms with E-state index in [1.165, 1.54) is 25.7 Å². The fourth-order valence-corrected chi connectivity index (χ4v) is 4.29. The quantitative estimate of drug-likeness (QED) is 0.733. The van der Waals surface area contributed by atoms with Gasteiger partial charge in [0.2, 0.25) is 5.91 Å². The van der Waals surface area contributed by atoms with Crippen LogP contribution in [0.15, 0.2) is 28.7 Å². The van der Waals surface area contributed by atoms with E-state index in [0.29, 0.717) is 0 Å². The van der Waals surface area contributed by atoms with Crippen LogP contribution in [0.3, 0.4) is 0 Å². The molecule has 1 aromatic carbocycles. The molecule has 1 saturated carbocycles. The van der Waals surface area contributed by atoms with Gasteiger partial charge in [0.25, 0.3) is 0 Å². The second-order valence-electron chi connectivity index (χ2n) is 7.33. The number of carbonyl (C=O) groups is 1. The highest BCUT2D eigenvalue weighted by molar-refractivity contribution is 9.10. The molecule has 148 valence electrons. The minimum atomic E-state index is -0.969. The highest BCUT2D eigenvalue weighted by Gasteiger charge is 2.35. The van der Waals surface area contributed by atoms with Gasteiger partial charge in [0.15, 0.2) is 0 Å². The fourth-order valence-electron chi connectivity index (χ4n) is 4.02.